The number of carboxylic acids is 2. The molecule has 0 atom stereocenters. The van der Waals surface area contributed by atoms with Gasteiger partial charge >= 0.3 is 11.9 Å². The van der Waals surface area contributed by atoms with E-state index in [1.165, 1.54) is 71.9 Å². The molecule has 1 aliphatic carbocycles. The van der Waals surface area contributed by atoms with Crippen molar-refractivity contribution in [2.24, 2.45) is 0 Å². The zero-order valence-corrected chi connectivity index (χ0v) is 17.0. The van der Waals surface area contributed by atoms with Gasteiger partial charge in [0.05, 0.1) is 10.7 Å². The number of hydrogen-bond donors (Lipinski definition) is 2. The first kappa shape index (κ1) is 19.8. The Kier molecular flexibility index (Phi) is 5.52. The third-order valence-corrected chi connectivity index (χ3v) is 7.08. The maximum Gasteiger partial charge on any atom is 0.328 e. The molecule has 152 valence electrons. The second-order valence-corrected chi connectivity index (χ2v) is 8.99. The van der Waals surface area contributed by atoms with Crippen LogP contribution in [0.15, 0.2) is 36.4 Å². The van der Waals surface area contributed by atoms with E-state index in [1.807, 2.05) is 11.3 Å². The summed E-state index contributed by atoms with van der Waals surface area (Å²) in [7, 11) is 0. The van der Waals surface area contributed by atoms with Crippen molar-refractivity contribution in [1.29, 1.82) is 0 Å². The monoisotopic (exact) mass is 412 g/mol. The minimum atomic E-state index is -1.26. The topological polar surface area (TPSA) is 90.7 Å². The molecule has 6 nitrogen and oxygen atoms in total. The van der Waals surface area contributed by atoms with Crippen molar-refractivity contribution < 1.29 is 19.8 Å². The number of aromatic nitrogens is 1. The molecule has 0 amide bonds. The maximum absolute atomic E-state index is 9.55. The SMILES string of the molecule is O=C(O)C=CC(=O)O.c1ccc2c(c1)Cc1sc(CC34CCCN3CCC4)nc1-2. The number of carbonyl (C=O) groups is 2. The van der Waals surface area contributed by atoms with Crippen molar-refractivity contribution >= 4 is 23.3 Å². The van der Waals surface area contributed by atoms with Gasteiger partial charge in [0, 0.05) is 41.0 Å². The molecule has 1 aromatic carbocycles. The summed E-state index contributed by atoms with van der Waals surface area (Å²) in [6.45, 7) is 2.63. The van der Waals surface area contributed by atoms with Crippen LogP contribution in [0.3, 0.4) is 0 Å². The molecule has 1 aromatic heterocycles. The normalized spacial score (nSPS) is 18.8. The van der Waals surface area contributed by atoms with Crippen molar-refractivity contribution in [2.75, 3.05) is 13.1 Å². The lowest BCUT2D eigenvalue weighted by Gasteiger charge is -2.31. The lowest BCUT2D eigenvalue weighted by atomic mass is 9.91. The molecule has 0 saturated carbocycles. The first-order valence-electron chi connectivity index (χ1n) is 9.93. The van der Waals surface area contributed by atoms with E-state index >= 15 is 0 Å². The van der Waals surface area contributed by atoms with Crippen molar-refractivity contribution in [1.82, 2.24) is 9.88 Å². The van der Waals surface area contributed by atoms with E-state index < -0.39 is 11.9 Å². The Morgan fingerprint density at radius 1 is 1.10 bits per heavy atom. The number of hydrogen-bond acceptors (Lipinski definition) is 5. The van der Waals surface area contributed by atoms with Gasteiger partial charge < -0.3 is 10.2 Å². The van der Waals surface area contributed by atoms with E-state index in [4.69, 9.17) is 15.2 Å². The number of thiazole rings is 1. The highest BCUT2D eigenvalue weighted by molar-refractivity contribution is 7.12. The Bertz CT molecular complexity index is 939. The Labute approximate surface area is 173 Å². The number of fused-ring (bicyclic) bond motifs is 4. The second-order valence-electron chi connectivity index (χ2n) is 7.82. The van der Waals surface area contributed by atoms with Gasteiger partial charge in [0.25, 0.3) is 0 Å². The molecular formula is C22H24N2O4S. The van der Waals surface area contributed by atoms with Crippen molar-refractivity contribution in [3.8, 4) is 11.3 Å². The van der Waals surface area contributed by atoms with Gasteiger partial charge in [0.15, 0.2) is 0 Å². The third-order valence-electron chi connectivity index (χ3n) is 6.03. The summed E-state index contributed by atoms with van der Waals surface area (Å²) in [6, 6.07) is 8.77. The molecule has 5 rings (SSSR count). The van der Waals surface area contributed by atoms with Crippen molar-refractivity contribution in [3.63, 3.8) is 0 Å². The molecule has 2 aromatic rings. The minimum Gasteiger partial charge on any atom is -0.478 e. The highest BCUT2D eigenvalue weighted by atomic mass is 32.1. The van der Waals surface area contributed by atoms with Gasteiger partial charge in [0.2, 0.25) is 0 Å². The van der Waals surface area contributed by atoms with Gasteiger partial charge in [0.1, 0.15) is 0 Å². The van der Waals surface area contributed by atoms with E-state index in [-0.39, 0.29) is 0 Å². The minimum absolute atomic E-state index is 0.463. The largest absolute Gasteiger partial charge is 0.478 e. The standard InChI is InChI=1S/C18H20N2S.C4H4O4/c1-2-6-14-13(5-1)11-15-17(14)19-16(21-15)12-18-7-3-9-20(18)10-4-8-18;5-3(6)1-2-4(7)8/h1-2,5-6H,3-4,7-12H2;1-2H,(H,5,6)(H,7,8). The summed E-state index contributed by atoms with van der Waals surface area (Å²) in [5, 5.41) is 17.0. The van der Waals surface area contributed by atoms with Crippen LogP contribution in [-0.4, -0.2) is 50.7 Å². The molecule has 2 N–H and O–H groups in total. The number of carboxylic acid groups (broad SMARTS) is 2. The molecule has 2 aliphatic heterocycles. The van der Waals surface area contributed by atoms with E-state index in [2.05, 4.69) is 29.2 Å². The van der Waals surface area contributed by atoms with Crippen LogP contribution in [0, 0.1) is 0 Å². The molecule has 7 heteroatoms. The molecule has 3 aliphatic rings. The van der Waals surface area contributed by atoms with Crippen LogP contribution < -0.4 is 0 Å². The summed E-state index contributed by atoms with van der Waals surface area (Å²) < 4.78 is 0. The summed E-state index contributed by atoms with van der Waals surface area (Å²) in [5.74, 6) is -2.51. The van der Waals surface area contributed by atoms with Gasteiger partial charge in [-0.3, -0.25) is 4.90 Å². The fourth-order valence-corrected chi connectivity index (χ4v) is 6.06. The average molecular weight is 413 g/mol. The summed E-state index contributed by atoms with van der Waals surface area (Å²) in [5.41, 5.74) is 4.58. The van der Waals surface area contributed by atoms with Crippen LogP contribution in [0.2, 0.25) is 0 Å². The molecule has 3 heterocycles. The quantitative estimate of drug-likeness (QED) is 0.637. The van der Waals surface area contributed by atoms with Crippen LogP contribution in [0.25, 0.3) is 11.3 Å². The molecule has 29 heavy (non-hydrogen) atoms. The Morgan fingerprint density at radius 3 is 2.41 bits per heavy atom. The van der Waals surface area contributed by atoms with E-state index in [0.717, 1.165) is 6.42 Å². The summed E-state index contributed by atoms with van der Waals surface area (Å²) in [6.07, 6.45) is 8.93. The predicted molar refractivity (Wildman–Crippen MR) is 111 cm³/mol. The van der Waals surface area contributed by atoms with Gasteiger partial charge in [-0.05, 0) is 44.3 Å². The van der Waals surface area contributed by atoms with Gasteiger partial charge in [-0.1, -0.05) is 24.3 Å². The molecule has 2 saturated heterocycles. The first-order chi connectivity index (χ1) is 14.0. The lowest BCUT2D eigenvalue weighted by molar-refractivity contribution is -0.134. The molecular weight excluding hydrogens is 388 g/mol. The Morgan fingerprint density at radius 2 is 1.76 bits per heavy atom. The number of rotatable bonds is 4. The van der Waals surface area contributed by atoms with E-state index in [0.29, 0.717) is 17.7 Å². The lowest BCUT2D eigenvalue weighted by Crippen LogP contribution is -2.40. The highest BCUT2D eigenvalue weighted by Crippen LogP contribution is 2.44. The van der Waals surface area contributed by atoms with Crippen LogP contribution in [0.5, 0.6) is 0 Å². The fourth-order valence-electron chi connectivity index (χ4n) is 4.82. The van der Waals surface area contributed by atoms with E-state index in [1.54, 1.807) is 0 Å². The fraction of sp³-hybridized carbons (Fsp3) is 0.409. The Balaban J connectivity index is 0.000000221. The maximum atomic E-state index is 9.55. The van der Waals surface area contributed by atoms with Crippen molar-refractivity contribution in [3.05, 3.63) is 51.9 Å². The zero-order chi connectivity index (χ0) is 20.4. The Hall–Kier alpha value is -2.51. The van der Waals surface area contributed by atoms with Crippen LogP contribution in [-0.2, 0) is 22.4 Å². The molecule has 0 spiro atoms. The van der Waals surface area contributed by atoms with Crippen LogP contribution in [0.4, 0.5) is 0 Å². The summed E-state index contributed by atoms with van der Waals surface area (Å²) in [4.78, 5) is 28.4. The second kappa shape index (κ2) is 8.08. The van der Waals surface area contributed by atoms with Crippen molar-refractivity contribution in [2.45, 2.75) is 44.1 Å². The van der Waals surface area contributed by atoms with E-state index in [9.17, 15) is 9.59 Å². The van der Waals surface area contributed by atoms with Gasteiger partial charge in [-0.25, -0.2) is 14.6 Å². The molecule has 0 unspecified atom stereocenters. The smallest absolute Gasteiger partial charge is 0.328 e. The summed E-state index contributed by atoms with van der Waals surface area (Å²) >= 11 is 1.97. The molecule has 0 radical (unpaired) electrons. The predicted octanol–water partition coefficient (Wildman–Crippen LogP) is 3.60. The highest BCUT2D eigenvalue weighted by Gasteiger charge is 2.44. The van der Waals surface area contributed by atoms with Gasteiger partial charge in [-0.2, -0.15) is 0 Å². The van der Waals surface area contributed by atoms with Crippen LogP contribution >= 0.6 is 11.3 Å². The zero-order valence-electron chi connectivity index (χ0n) is 16.1. The number of aliphatic carboxylic acids is 2. The average Bonchev–Trinajstić information content (AvgIpc) is 3.40. The van der Waals surface area contributed by atoms with Gasteiger partial charge in [-0.15, -0.1) is 11.3 Å². The molecule has 0 bridgehead atoms. The number of nitrogens with zero attached hydrogens (tertiary/aromatic N) is 2. The number of benzene rings is 1. The van der Waals surface area contributed by atoms with Crippen LogP contribution in [0.1, 0.15) is 41.1 Å². The third kappa shape index (κ3) is 4.11. The first-order valence-corrected chi connectivity index (χ1v) is 10.7. The molecule has 2 fully saturated rings.